The molecule has 0 radical (unpaired) electrons. The van der Waals surface area contributed by atoms with E-state index in [0.717, 1.165) is 22.4 Å². The molecule has 2 aromatic rings. The van der Waals surface area contributed by atoms with Crippen LogP contribution in [0.2, 0.25) is 18.1 Å². The van der Waals surface area contributed by atoms with Gasteiger partial charge in [0.1, 0.15) is 5.75 Å². The Kier molecular flexibility index (Phi) is 7.97. The van der Waals surface area contributed by atoms with Crippen molar-refractivity contribution in [3.63, 3.8) is 0 Å². The van der Waals surface area contributed by atoms with E-state index >= 15 is 0 Å². The Labute approximate surface area is 182 Å². The molecule has 166 valence electrons. The standard InChI is InChI=1S/C24H36O5Si/c1-24(2,3)30(8,9)29-19-13-10-17(11-14-19)22-18(16-21(26-5)27-6)12-15-20(25-4)23(22)28-7/h10-15,21H,16H2,1-9H3. The van der Waals surface area contributed by atoms with Crippen molar-refractivity contribution < 1.29 is 23.4 Å². The van der Waals surface area contributed by atoms with Crippen LogP contribution in [0.25, 0.3) is 11.1 Å². The van der Waals surface area contributed by atoms with Crippen LogP contribution in [0.1, 0.15) is 26.3 Å². The molecule has 0 aliphatic carbocycles. The molecule has 0 amide bonds. The molecule has 6 heteroatoms. The molecule has 2 rings (SSSR count). The third-order valence-electron chi connectivity index (χ3n) is 5.87. The highest BCUT2D eigenvalue weighted by Crippen LogP contribution is 2.42. The summed E-state index contributed by atoms with van der Waals surface area (Å²) in [4.78, 5) is 0. The van der Waals surface area contributed by atoms with Gasteiger partial charge in [0.2, 0.25) is 8.32 Å². The summed E-state index contributed by atoms with van der Waals surface area (Å²) >= 11 is 0. The van der Waals surface area contributed by atoms with Crippen molar-refractivity contribution in [2.45, 2.75) is 51.6 Å². The van der Waals surface area contributed by atoms with Crippen LogP contribution in [0.5, 0.6) is 17.2 Å². The van der Waals surface area contributed by atoms with Crippen molar-refractivity contribution >= 4 is 8.32 Å². The maximum absolute atomic E-state index is 6.43. The molecular weight excluding hydrogens is 396 g/mol. The Balaban J connectivity index is 2.48. The largest absolute Gasteiger partial charge is 0.544 e. The maximum Gasteiger partial charge on any atom is 0.250 e. The van der Waals surface area contributed by atoms with Gasteiger partial charge in [0, 0.05) is 26.2 Å². The molecule has 0 heterocycles. The molecule has 0 spiro atoms. The van der Waals surface area contributed by atoms with Crippen molar-refractivity contribution in [3.05, 3.63) is 42.0 Å². The third-order valence-corrected chi connectivity index (χ3v) is 10.2. The lowest BCUT2D eigenvalue weighted by Crippen LogP contribution is -2.43. The van der Waals surface area contributed by atoms with Crippen LogP contribution in [0, 0.1) is 0 Å². The minimum atomic E-state index is -1.90. The van der Waals surface area contributed by atoms with Crippen LogP contribution in [-0.2, 0) is 15.9 Å². The monoisotopic (exact) mass is 432 g/mol. The molecule has 0 aliphatic rings. The predicted octanol–water partition coefficient (Wildman–Crippen LogP) is 5.92. The van der Waals surface area contributed by atoms with E-state index in [2.05, 4.69) is 46.0 Å². The summed E-state index contributed by atoms with van der Waals surface area (Å²) in [6.45, 7) is 11.2. The molecule has 2 aromatic carbocycles. The Morgan fingerprint density at radius 2 is 1.43 bits per heavy atom. The van der Waals surface area contributed by atoms with Crippen molar-refractivity contribution in [1.29, 1.82) is 0 Å². The summed E-state index contributed by atoms with van der Waals surface area (Å²) in [6, 6.07) is 12.1. The molecule has 30 heavy (non-hydrogen) atoms. The highest BCUT2D eigenvalue weighted by Gasteiger charge is 2.38. The van der Waals surface area contributed by atoms with E-state index in [9.17, 15) is 0 Å². The number of methoxy groups -OCH3 is 4. The van der Waals surface area contributed by atoms with Gasteiger partial charge in [0.05, 0.1) is 14.2 Å². The van der Waals surface area contributed by atoms with Gasteiger partial charge in [0.15, 0.2) is 17.8 Å². The van der Waals surface area contributed by atoms with E-state index in [0.29, 0.717) is 17.9 Å². The second-order valence-electron chi connectivity index (χ2n) is 8.83. The lowest BCUT2D eigenvalue weighted by Gasteiger charge is -2.36. The van der Waals surface area contributed by atoms with Crippen LogP contribution in [0.4, 0.5) is 0 Å². The molecule has 0 aromatic heterocycles. The van der Waals surface area contributed by atoms with E-state index < -0.39 is 8.32 Å². The number of hydrogen-bond donors (Lipinski definition) is 0. The van der Waals surface area contributed by atoms with E-state index in [4.69, 9.17) is 23.4 Å². The quantitative estimate of drug-likeness (QED) is 0.364. The molecule has 0 saturated carbocycles. The summed E-state index contributed by atoms with van der Waals surface area (Å²) in [7, 11) is 4.69. The van der Waals surface area contributed by atoms with Crippen LogP contribution in [-0.4, -0.2) is 43.0 Å². The zero-order chi connectivity index (χ0) is 22.5. The third kappa shape index (κ3) is 5.36. The highest BCUT2D eigenvalue weighted by atomic mass is 28.4. The second-order valence-corrected chi connectivity index (χ2v) is 13.6. The Morgan fingerprint density at radius 1 is 0.833 bits per heavy atom. The van der Waals surface area contributed by atoms with Crippen LogP contribution >= 0.6 is 0 Å². The molecule has 0 unspecified atom stereocenters. The van der Waals surface area contributed by atoms with Crippen molar-refractivity contribution in [2.75, 3.05) is 28.4 Å². The van der Waals surface area contributed by atoms with Gasteiger partial charge in [-0.3, -0.25) is 0 Å². The first-order valence-electron chi connectivity index (χ1n) is 10.2. The number of benzene rings is 2. The van der Waals surface area contributed by atoms with Crippen LogP contribution < -0.4 is 13.9 Å². The van der Waals surface area contributed by atoms with Crippen LogP contribution in [0.15, 0.2) is 36.4 Å². The minimum absolute atomic E-state index is 0.143. The summed E-state index contributed by atoms with van der Waals surface area (Å²) in [5.41, 5.74) is 3.04. The van der Waals surface area contributed by atoms with Gasteiger partial charge in [-0.25, -0.2) is 0 Å². The first-order chi connectivity index (χ1) is 14.1. The second kappa shape index (κ2) is 9.86. The molecule has 0 atom stereocenters. The molecule has 0 aliphatic heterocycles. The summed E-state index contributed by atoms with van der Waals surface area (Å²) in [6.07, 6.45) is 0.244. The average molecular weight is 433 g/mol. The first-order valence-corrected chi connectivity index (χ1v) is 13.1. The molecule has 0 saturated heterocycles. The zero-order valence-electron chi connectivity index (χ0n) is 19.8. The maximum atomic E-state index is 6.43. The normalized spacial score (nSPS) is 12.2. The lowest BCUT2D eigenvalue weighted by atomic mass is 9.95. The molecule has 0 fully saturated rings. The summed E-state index contributed by atoms with van der Waals surface area (Å²) in [5, 5.41) is 0.143. The van der Waals surface area contributed by atoms with E-state index in [-0.39, 0.29) is 11.3 Å². The van der Waals surface area contributed by atoms with Gasteiger partial charge in [-0.1, -0.05) is 39.0 Å². The fraction of sp³-hybridized carbons (Fsp3) is 0.500. The molecule has 0 N–H and O–H groups in total. The van der Waals surface area contributed by atoms with Gasteiger partial charge in [-0.05, 0) is 47.5 Å². The summed E-state index contributed by atoms with van der Waals surface area (Å²) < 4.78 is 28.5. The average Bonchev–Trinajstić information content (AvgIpc) is 2.70. The predicted molar refractivity (Wildman–Crippen MR) is 124 cm³/mol. The van der Waals surface area contributed by atoms with E-state index in [1.807, 2.05) is 24.3 Å². The Bertz CT molecular complexity index is 821. The molecular formula is C24H36O5Si. The number of hydrogen-bond acceptors (Lipinski definition) is 5. The first kappa shape index (κ1) is 24.2. The number of ether oxygens (including phenoxy) is 4. The number of rotatable bonds is 9. The van der Waals surface area contributed by atoms with E-state index in [1.165, 1.54) is 0 Å². The van der Waals surface area contributed by atoms with Gasteiger partial charge in [-0.15, -0.1) is 0 Å². The lowest BCUT2D eigenvalue weighted by molar-refractivity contribution is -0.100. The zero-order valence-corrected chi connectivity index (χ0v) is 20.8. The topological polar surface area (TPSA) is 46.2 Å². The fourth-order valence-corrected chi connectivity index (χ4v) is 4.07. The smallest absolute Gasteiger partial charge is 0.250 e. The summed E-state index contributed by atoms with van der Waals surface area (Å²) in [5.74, 6) is 2.27. The van der Waals surface area contributed by atoms with E-state index in [1.54, 1.807) is 28.4 Å². The van der Waals surface area contributed by atoms with Crippen molar-refractivity contribution in [2.24, 2.45) is 0 Å². The van der Waals surface area contributed by atoms with Crippen molar-refractivity contribution in [1.82, 2.24) is 0 Å². The van der Waals surface area contributed by atoms with Crippen molar-refractivity contribution in [3.8, 4) is 28.4 Å². The molecule has 5 nitrogen and oxygen atoms in total. The fourth-order valence-electron chi connectivity index (χ4n) is 3.03. The van der Waals surface area contributed by atoms with Gasteiger partial charge in [0.25, 0.3) is 0 Å². The Hall–Kier alpha value is -2.02. The SMILES string of the molecule is COc1ccc(CC(OC)OC)c(-c2ccc(O[Si](C)(C)C(C)(C)C)cc2)c1OC. The van der Waals surface area contributed by atoms with Gasteiger partial charge < -0.3 is 23.4 Å². The van der Waals surface area contributed by atoms with Crippen LogP contribution in [0.3, 0.4) is 0 Å². The van der Waals surface area contributed by atoms with Gasteiger partial charge >= 0.3 is 0 Å². The highest BCUT2D eigenvalue weighted by molar-refractivity contribution is 6.74. The minimum Gasteiger partial charge on any atom is -0.544 e. The molecule has 0 bridgehead atoms. The Morgan fingerprint density at radius 3 is 1.90 bits per heavy atom. The van der Waals surface area contributed by atoms with Gasteiger partial charge in [-0.2, -0.15) is 0 Å².